The third-order valence-corrected chi connectivity index (χ3v) is 5.48. The maximum absolute atomic E-state index is 12.7. The van der Waals surface area contributed by atoms with Crippen LogP contribution in [0, 0.1) is 23.7 Å². The molecule has 6 heteroatoms. The molecule has 5 rings (SSSR count). The summed E-state index contributed by atoms with van der Waals surface area (Å²) in [5.74, 6) is 0.546. The number of carbonyl (C=O) groups excluding carboxylic acids is 2. The number of allylic oxidation sites excluding steroid dienone is 2. The minimum atomic E-state index is -0.249. The fourth-order valence-corrected chi connectivity index (χ4v) is 4.31. The van der Waals surface area contributed by atoms with Crippen molar-refractivity contribution in [1.82, 2.24) is 5.01 Å². The van der Waals surface area contributed by atoms with Crippen LogP contribution < -0.4 is 9.47 Å². The Morgan fingerprint density at radius 1 is 1.04 bits per heavy atom. The smallest absolute Gasteiger partial charge is 0.254 e. The van der Waals surface area contributed by atoms with Crippen LogP contribution in [0.25, 0.3) is 0 Å². The standard InChI is InChI=1S/C19H20N2O4/c1-24-14-5-3-4-13(17(14)25-2)10-20-21-18(22)15-11-6-7-12(9-8-11)16(15)19(21)23/h3-7,10-12,15-16H,8-9H2,1-2H3/b20-10+. The van der Waals surface area contributed by atoms with Crippen molar-refractivity contribution in [3.8, 4) is 11.5 Å². The maximum Gasteiger partial charge on any atom is 0.254 e. The maximum atomic E-state index is 12.7. The summed E-state index contributed by atoms with van der Waals surface area (Å²) in [5.41, 5.74) is 0.651. The van der Waals surface area contributed by atoms with Gasteiger partial charge >= 0.3 is 0 Å². The highest BCUT2D eigenvalue weighted by Crippen LogP contribution is 2.49. The molecule has 2 fully saturated rings. The van der Waals surface area contributed by atoms with Gasteiger partial charge in [-0.15, -0.1) is 0 Å². The largest absolute Gasteiger partial charge is 0.493 e. The summed E-state index contributed by atoms with van der Waals surface area (Å²) in [6, 6.07) is 5.38. The number of amides is 2. The van der Waals surface area contributed by atoms with Crippen LogP contribution in [0.1, 0.15) is 18.4 Å². The minimum absolute atomic E-state index is 0.165. The van der Waals surface area contributed by atoms with Gasteiger partial charge in [0.15, 0.2) is 11.5 Å². The summed E-state index contributed by atoms with van der Waals surface area (Å²) < 4.78 is 10.6. The van der Waals surface area contributed by atoms with Crippen LogP contribution in [-0.4, -0.2) is 37.3 Å². The number of benzene rings is 1. The number of fused-ring (bicyclic) bond motifs is 1. The highest BCUT2D eigenvalue weighted by Gasteiger charge is 2.56. The molecule has 1 saturated carbocycles. The first-order chi connectivity index (χ1) is 12.2. The molecule has 1 aromatic carbocycles. The Bertz CT molecular complexity index is 754. The van der Waals surface area contributed by atoms with Crippen molar-refractivity contribution in [3.05, 3.63) is 35.9 Å². The molecule has 2 bridgehead atoms. The van der Waals surface area contributed by atoms with Gasteiger partial charge in [0.2, 0.25) is 0 Å². The van der Waals surface area contributed by atoms with Crippen LogP contribution in [0.15, 0.2) is 35.5 Å². The SMILES string of the molecule is COc1cccc(/C=N/N2C(=O)C3C4C=CC(CC4)C3C2=O)c1OC. The van der Waals surface area contributed by atoms with Crippen molar-refractivity contribution in [2.45, 2.75) is 12.8 Å². The molecule has 4 unspecified atom stereocenters. The van der Waals surface area contributed by atoms with Crippen molar-refractivity contribution < 1.29 is 19.1 Å². The Hall–Kier alpha value is -2.63. The number of ether oxygens (including phenoxy) is 2. The average molecular weight is 340 g/mol. The summed E-state index contributed by atoms with van der Waals surface area (Å²) in [5, 5.41) is 5.25. The van der Waals surface area contributed by atoms with Gasteiger partial charge in [-0.3, -0.25) is 9.59 Å². The van der Waals surface area contributed by atoms with E-state index in [4.69, 9.17) is 9.47 Å². The molecule has 3 aliphatic carbocycles. The third kappa shape index (κ3) is 2.35. The van der Waals surface area contributed by atoms with E-state index in [0.717, 1.165) is 17.9 Å². The second-order valence-electron chi connectivity index (χ2n) is 6.66. The van der Waals surface area contributed by atoms with Crippen molar-refractivity contribution in [1.29, 1.82) is 0 Å². The molecular weight excluding hydrogens is 320 g/mol. The zero-order valence-corrected chi connectivity index (χ0v) is 14.2. The summed E-state index contributed by atoms with van der Waals surface area (Å²) in [7, 11) is 3.10. The third-order valence-electron chi connectivity index (χ3n) is 5.48. The van der Waals surface area contributed by atoms with Crippen molar-refractivity contribution in [2.24, 2.45) is 28.8 Å². The molecule has 1 aromatic rings. The number of methoxy groups -OCH3 is 2. The summed E-state index contributed by atoms with van der Waals surface area (Å²) in [4.78, 5) is 25.5. The molecule has 4 aliphatic rings. The van der Waals surface area contributed by atoms with E-state index >= 15 is 0 Å². The van der Waals surface area contributed by atoms with E-state index in [1.807, 2.05) is 0 Å². The fraction of sp³-hybridized carbons (Fsp3) is 0.421. The zero-order chi connectivity index (χ0) is 17.6. The molecule has 2 amide bonds. The summed E-state index contributed by atoms with van der Waals surface area (Å²) in [6.07, 6.45) is 7.63. The Labute approximate surface area is 146 Å². The Balaban J connectivity index is 1.63. The topological polar surface area (TPSA) is 68.2 Å². The monoisotopic (exact) mass is 340 g/mol. The van der Waals surface area contributed by atoms with Crippen LogP contribution in [0.5, 0.6) is 11.5 Å². The number of hydrogen-bond donors (Lipinski definition) is 0. The van der Waals surface area contributed by atoms with Crippen molar-refractivity contribution in [2.75, 3.05) is 14.2 Å². The number of nitrogens with zero attached hydrogens (tertiary/aromatic N) is 2. The Morgan fingerprint density at radius 2 is 1.68 bits per heavy atom. The van der Waals surface area contributed by atoms with Crippen LogP contribution in [0.2, 0.25) is 0 Å². The van der Waals surface area contributed by atoms with Crippen LogP contribution >= 0.6 is 0 Å². The molecule has 25 heavy (non-hydrogen) atoms. The molecule has 0 aromatic heterocycles. The average Bonchev–Trinajstić information content (AvgIpc) is 2.93. The lowest BCUT2D eigenvalue weighted by Crippen LogP contribution is -2.38. The molecule has 4 atom stereocenters. The second-order valence-corrected chi connectivity index (χ2v) is 6.66. The zero-order valence-electron chi connectivity index (χ0n) is 14.2. The van der Waals surface area contributed by atoms with Gasteiger partial charge in [-0.05, 0) is 36.8 Å². The van der Waals surface area contributed by atoms with Gasteiger partial charge in [0.1, 0.15) is 0 Å². The molecular formula is C19H20N2O4. The number of para-hydroxylation sites is 1. The molecule has 6 nitrogen and oxygen atoms in total. The van der Waals surface area contributed by atoms with E-state index in [0.29, 0.717) is 17.1 Å². The molecule has 0 radical (unpaired) electrons. The number of rotatable bonds is 4. The van der Waals surface area contributed by atoms with E-state index in [1.54, 1.807) is 32.4 Å². The lowest BCUT2D eigenvalue weighted by Gasteiger charge is -2.37. The molecule has 130 valence electrons. The molecule has 0 N–H and O–H groups in total. The van der Waals surface area contributed by atoms with Gasteiger partial charge in [0.25, 0.3) is 11.8 Å². The van der Waals surface area contributed by atoms with Gasteiger partial charge in [-0.1, -0.05) is 18.2 Å². The molecule has 1 saturated heterocycles. The van der Waals surface area contributed by atoms with Gasteiger partial charge in [-0.2, -0.15) is 10.1 Å². The second kappa shape index (κ2) is 6.02. The normalized spacial score (nSPS) is 30.2. The minimum Gasteiger partial charge on any atom is -0.493 e. The predicted octanol–water partition coefficient (Wildman–Crippen LogP) is 2.23. The Morgan fingerprint density at radius 3 is 2.20 bits per heavy atom. The van der Waals surface area contributed by atoms with Crippen LogP contribution in [0.3, 0.4) is 0 Å². The van der Waals surface area contributed by atoms with Crippen molar-refractivity contribution >= 4 is 18.0 Å². The highest BCUT2D eigenvalue weighted by atomic mass is 16.5. The van der Waals surface area contributed by atoms with E-state index in [9.17, 15) is 9.59 Å². The number of carbonyl (C=O) groups is 2. The Kier molecular flexibility index (Phi) is 3.82. The van der Waals surface area contributed by atoms with Gasteiger partial charge < -0.3 is 9.47 Å². The molecule has 1 aliphatic heterocycles. The number of hydrogen-bond acceptors (Lipinski definition) is 5. The number of hydrazone groups is 1. The summed E-state index contributed by atoms with van der Waals surface area (Å²) in [6.45, 7) is 0. The first-order valence-corrected chi connectivity index (χ1v) is 8.46. The lowest BCUT2D eigenvalue weighted by atomic mass is 9.63. The van der Waals surface area contributed by atoms with E-state index < -0.39 is 0 Å². The van der Waals surface area contributed by atoms with Crippen LogP contribution in [0.4, 0.5) is 0 Å². The van der Waals surface area contributed by atoms with Gasteiger partial charge in [0.05, 0.1) is 32.3 Å². The quantitative estimate of drug-likeness (QED) is 0.479. The first-order valence-electron chi connectivity index (χ1n) is 8.46. The number of imide groups is 1. The highest BCUT2D eigenvalue weighted by molar-refractivity contribution is 6.06. The fourth-order valence-electron chi connectivity index (χ4n) is 4.31. The van der Waals surface area contributed by atoms with E-state index in [1.165, 1.54) is 6.21 Å². The van der Waals surface area contributed by atoms with E-state index in [2.05, 4.69) is 17.3 Å². The first kappa shape index (κ1) is 15.9. The summed E-state index contributed by atoms with van der Waals surface area (Å²) >= 11 is 0. The van der Waals surface area contributed by atoms with Crippen molar-refractivity contribution in [3.63, 3.8) is 0 Å². The molecule has 1 heterocycles. The van der Waals surface area contributed by atoms with Gasteiger partial charge in [-0.25, -0.2) is 0 Å². The molecule has 0 spiro atoms. The lowest BCUT2D eigenvalue weighted by molar-refractivity contribution is -0.140. The predicted molar refractivity (Wildman–Crippen MR) is 91.3 cm³/mol. The van der Waals surface area contributed by atoms with Gasteiger partial charge in [0, 0.05) is 5.56 Å². The van der Waals surface area contributed by atoms with E-state index in [-0.39, 0.29) is 35.5 Å². The van der Waals surface area contributed by atoms with Crippen LogP contribution in [-0.2, 0) is 9.59 Å².